The van der Waals surface area contributed by atoms with Crippen LogP contribution in [0.5, 0.6) is 0 Å². The lowest BCUT2D eigenvalue weighted by Gasteiger charge is -2.38. The maximum absolute atomic E-state index is 12.4. The number of benzene rings is 1. The Morgan fingerprint density at radius 2 is 1.86 bits per heavy atom. The number of nitrogens with zero attached hydrogens (tertiary/aromatic N) is 1. The summed E-state index contributed by atoms with van der Waals surface area (Å²) in [5.41, 5.74) is 0.451. The lowest BCUT2D eigenvalue weighted by Crippen LogP contribution is -2.49. The number of halogens is 1. The number of carboxylic acids is 1. The number of carbonyl (C=O) groups is 2. The van der Waals surface area contributed by atoms with Gasteiger partial charge in [-0.2, -0.15) is 0 Å². The van der Waals surface area contributed by atoms with Crippen LogP contribution in [0.25, 0.3) is 0 Å². The minimum atomic E-state index is -1.08. The number of piperidine rings is 1. The Morgan fingerprint density at radius 1 is 1.24 bits per heavy atom. The van der Waals surface area contributed by atoms with Gasteiger partial charge in [0.15, 0.2) is 0 Å². The van der Waals surface area contributed by atoms with Crippen LogP contribution in [0, 0.1) is 0 Å². The van der Waals surface area contributed by atoms with Gasteiger partial charge in [0, 0.05) is 22.8 Å². The van der Waals surface area contributed by atoms with Gasteiger partial charge in [0.25, 0.3) is 0 Å². The summed E-state index contributed by atoms with van der Waals surface area (Å²) < 4.78 is 0. The van der Waals surface area contributed by atoms with E-state index in [0.29, 0.717) is 5.69 Å². The second kappa shape index (κ2) is 6.35. The summed E-state index contributed by atoms with van der Waals surface area (Å²) in [4.78, 5) is 25.2. The van der Waals surface area contributed by atoms with Crippen molar-refractivity contribution in [1.29, 1.82) is 0 Å². The minimum Gasteiger partial charge on any atom is -0.478 e. The number of carboxylic acid groups (broad SMARTS) is 1. The molecule has 0 aliphatic carbocycles. The SMILES string of the molecule is C[C@@H]1CCC[C@H](C)N1C(=O)Nc1cc(Cl)cc(C(=O)O)c1. The Labute approximate surface area is 128 Å². The molecule has 1 aliphatic heterocycles. The van der Waals surface area contributed by atoms with Gasteiger partial charge in [0.05, 0.1) is 5.56 Å². The predicted molar refractivity (Wildman–Crippen MR) is 82.0 cm³/mol. The Kier molecular flexibility index (Phi) is 4.73. The maximum Gasteiger partial charge on any atom is 0.335 e. The molecule has 0 saturated carbocycles. The second-order valence-electron chi connectivity index (χ2n) is 5.50. The first kappa shape index (κ1) is 15.6. The second-order valence-corrected chi connectivity index (χ2v) is 5.94. The van der Waals surface area contributed by atoms with E-state index in [4.69, 9.17) is 16.7 Å². The fourth-order valence-electron chi connectivity index (χ4n) is 2.79. The van der Waals surface area contributed by atoms with Crippen LogP contribution in [0.15, 0.2) is 18.2 Å². The molecule has 21 heavy (non-hydrogen) atoms. The van der Waals surface area contributed by atoms with Gasteiger partial charge in [0.2, 0.25) is 0 Å². The summed E-state index contributed by atoms with van der Waals surface area (Å²) >= 11 is 5.89. The van der Waals surface area contributed by atoms with E-state index in [1.54, 1.807) is 6.07 Å². The third kappa shape index (κ3) is 3.67. The summed E-state index contributed by atoms with van der Waals surface area (Å²) in [6.07, 6.45) is 3.08. The Balaban J connectivity index is 2.17. The molecular formula is C15H19ClN2O3. The van der Waals surface area contributed by atoms with Crippen molar-refractivity contribution in [3.05, 3.63) is 28.8 Å². The molecule has 1 aromatic rings. The van der Waals surface area contributed by atoms with Crippen LogP contribution in [-0.4, -0.2) is 34.1 Å². The number of nitrogens with one attached hydrogen (secondary N) is 1. The molecule has 1 saturated heterocycles. The van der Waals surface area contributed by atoms with Crippen LogP contribution in [0.3, 0.4) is 0 Å². The molecule has 5 nitrogen and oxygen atoms in total. The maximum atomic E-state index is 12.4. The highest BCUT2D eigenvalue weighted by Crippen LogP contribution is 2.25. The van der Waals surface area contributed by atoms with Gasteiger partial charge < -0.3 is 15.3 Å². The van der Waals surface area contributed by atoms with E-state index in [0.717, 1.165) is 19.3 Å². The highest BCUT2D eigenvalue weighted by atomic mass is 35.5. The van der Waals surface area contributed by atoms with Crippen molar-refractivity contribution < 1.29 is 14.7 Å². The third-order valence-electron chi connectivity index (χ3n) is 3.82. The highest BCUT2D eigenvalue weighted by molar-refractivity contribution is 6.31. The Hall–Kier alpha value is -1.75. The number of likely N-dealkylation sites (tertiary alicyclic amines) is 1. The molecule has 114 valence electrons. The molecule has 1 fully saturated rings. The topological polar surface area (TPSA) is 69.6 Å². The largest absolute Gasteiger partial charge is 0.478 e. The van der Waals surface area contributed by atoms with Crippen molar-refractivity contribution in [2.75, 3.05) is 5.32 Å². The fraction of sp³-hybridized carbons (Fsp3) is 0.467. The van der Waals surface area contributed by atoms with Gasteiger partial charge in [-0.3, -0.25) is 0 Å². The third-order valence-corrected chi connectivity index (χ3v) is 4.04. The number of aromatic carboxylic acids is 1. The van der Waals surface area contributed by atoms with Gasteiger partial charge >= 0.3 is 12.0 Å². The number of hydrogen-bond donors (Lipinski definition) is 2. The van der Waals surface area contributed by atoms with Crippen molar-refractivity contribution in [2.45, 2.75) is 45.2 Å². The first-order chi connectivity index (χ1) is 9.88. The van der Waals surface area contributed by atoms with Crippen molar-refractivity contribution >= 4 is 29.3 Å². The smallest absolute Gasteiger partial charge is 0.335 e. The van der Waals surface area contributed by atoms with Gasteiger partial charge in [0.1, 0.15) is 0 Å². The molecule has 2 atom stereocenters. The number of rotatable bonds is 2. The van der Waals surface area contributed by atoms with E-state index in [1.165, 1.54) is 12.1 Å². The summed E-state index contributed by atoms with van der Waals surface area (Å²) in [6.45, 7) is 4.05. The number of carbonyl (C=O) groups excluding carboxylic acids is 1. The molecule has 0 bridgehead atoms. The summed E-state index contributed by atoms with van der Waals surface area (Å²) in [7, 11) is 0. The molecule has 2 N–H and O–H groups in total. The lowest BCUT2D eigenvalue weighted by molar-refractivity contribution is 0.0696. The van der Waals surface area contributed by atoms with E-state index in [-0.39, 0.29) is 28.7 Å². The molecule has 0 radical (unpaired) electrons. The Morgan fingerprint density at radius 3 is 2.43 bits per heavy atom. The average molecular weight is 311 g/mol. The first-order valence-corrected chi connectivity index (χ1v) is 7.39. The Bertz CT molecular complexity index is 552. The lowest BCUT2D eigenvalue weighted by atomic mass is 9.98. The number of hydrogen-bond acceptors (Lipinski definition) is 2. The van der Waals surface area contributed by atoms with E-state index >= 15 is 0 Å². The fourth-order valence-corrected chi connectivity index (χ4v) is 3.03. The van der Waals surface area contributed by atoms with E-state index in [2.05, 4.69) is 5.32 Å². The van der Waals surface area contributed by atoms with Gasteiger partial charge in [-0.25, -0.2) is 9.59 Å². The van der Waals surface area contributed by atoms with Crippen LogP contribution < -0.4 is 5.32 Å². The molecule has 6 heteroatoms. The van der Waals surface area contributed by atoms with Crippen molar-refractivity contribution in [1.82, 2.24) is 4.90 Å². The molecule has 2 amide bonds. The molecule has 1 aromatic carbocycles. The molecule has 0 aromatic heterocycles. The predicted octanol–water partition coefficient (Wildman–Crippen LogP) is 3.83. The summed E-state index contributed by atoms with van der Waals surface area (Å²) in [5, 5.41) is 12.0. The normalized spacial score (nSPS) is 22.0. The zero-order valence-electron chi connectivity index (χ0n) is 12.1. The number of amides is 2. The van der Waals surface area contributed by atoms with E-state index < -0.39 is 5.97 Å². The molecule has 0 unspecified atom stereocenters. The van der Waals surface area contributed by atoms with Crippen LogP contribution in [-0.2, 0) is 0 Å². The summed E-state index contributed by atoms with van der Waals surface area (Å²) in [5.74, 6) is -1.08. The molecule has 0 spiro atoms. The summed E-state index contributed by atoms with van der Waals surface area (Å²) in [6, 6.07) is 4.44. The van der Waals surface area contributed by atoms with Crippen molar-refractivity contribution in [3.63, 3.8) is 0 Å². The molecule has 1 heterocycles. The minimum absolute atomic E-state index is 0.0533. The number of anilines is 1. The average Bonchev–Trinajstić information content (AvgIpc) is 2.37. The van der Waals surface area contributed by atoms with Crippen LogP contribution in [0.1, 0.15) is 43.5 Å². The standard InChI is InChI=1S/C15H19ClN2O3/c1-9-4-3-5-10(2)18(9)15(21)17-13-7-11(14(19)20)6-12(16)8-13/h6-10H,3-5H2,1-2H3,(H,17,21)(H,19,20)/t9-,10+. The zero-order chi connectivity index (χ0) is 15.6. The van der Waals surface area contributed by atoms with Crippen molar-refractivity contribution in [2.24, 2.45) is 0 Å². The number of urea groups is 1. The molecule has 1 aliphatic rings. The van der Waals surface area contributed by atoms with Gasteiger partial charge in [-0.15, -0.1) is 0 Å². The molecular weight excluding hydrogens is 292 g/mol. The van der Waals surface area contributed by atoms with E-state index in [1.807, 2.05) is 18.7 Å². The quantitative estimate of drug-likeness (QED) is 0.872. The van der Waals surface area contributed by atoms with E-state index in [9.17, 15) is 9.59 Å². The zero-order valence-corrected chi connectivity index (χ0v) is 12.9. The van der Waals surface area contributed by atoms with Crippen molar-refractivity contribution in [3.8, 4) is 0 Å². The highest BCUT2D eigenvalue weighted by Gasteiger charge is 2.29. The van der Waals surface area contributed by atoms with Crippen LogP contribution in [0.2, 0.25) is 5.02 Å². The van der Waals surface area contributed by atoms with Gasteiger partial charge in [-0.1, -0.05) is 11.6 Å². The monoisotopic (exact) mass is 310 g/mol. The first-order valence-electron chi connectivity index (χ1n) is 7.01. The van der Waals surface area contributed by atoms with Crippen LogP contribution in [0.4, 0.5) is 10.5 Å². The van der Waals surface area contributed by atoms with Crippen LogP contribution >= 0.6 is 11.6 Å². The molecule has 2 rings (SSSR count). The van der Waals surface area contributed by atoms with Gasteiger partial charge in [-0.05, 0) is 51.3 Å².